The van der Waals surface area contributed by atoms with Crippen molar-refractivity contribution in [2.24, 2.45) is 5.92 Å². The minimum Gasteiger partial charge on any atom is -0.373 e. The summed E-state index contributed by atoms with van der Waals surface area (Å²) >= 11 is 0.747. The van der Waals surface area contributed by atoms with Gasteiger partial charge in [-0.25, -0.2) is 4.98 Å². The fourth-order valence-corrected chi connectivity index (χ4v) is 4.48. The molecular weight excluding hydrogens is 339 g/mol. The maximum Gasteiger partial charge on any atom is 0.427 e. The van der Waals surface area contributed by atoms with Crippen molar-refractivity contribution < 1.29 is 17.9 Å². The average Bonchev–Trinajstić information content (AvgIpc) is 2.97. The van der Waals surface area contributed by atoms with E-state index < -0.39 is 11.1 Å². The summed E-state index contributed by atoms with van der Waals surface area (Å²) in [5.41, 5.74) is 0. The molecule has 2 atom stereocenters. The van der Waals surface area contributed by atoms with Gasteiger partial charge in [-0.1, -0.05) is 11.3 Å². The smallest absolute Gasteiger partial charge is 0.373 e. The highest BCUT2D eigenvalue weighted by Crippen LogP contribution is 2.37. The van der Waals surface area contributed by atoms with Crippen LogP contribution in [0.4, 0.5) is 18.3 Å². The van der Waals surface area contributed by atoms with E-state index in [0.29, 0.717) is 11.0 Å². The lowest BCUT2D eigenvalue weighted by molar-refractivity contribution is -0.134. The molecule has 24 heavy (non-hydrogen) atoms. The van der Waals surface area contributed by atoms with Crippen molar-refractivity contribution in [1.82, 2.24) is 9.88 Å². The third-order valence-electron chi connectivity index (χ3n) is 4.67. The van der Waals surface area contributed by atoms with Gasteiger partial charge in [0, 0.05) is 32.7 Å². The van der Waals surface area contributed by atoms with Crippen LogP contribution in [0.1, 0.15) is 31.6 Å². The fourth-order valence-electron chi connectivity index (χ4n) is 3.65. The molecule has 3 heterocycles. The molecule has 136 valence electrons. The predicted molar refractivity (Wildman–Crippen MR) is 88.5 cm³/mol. The van der Waals surface area contributed by atoms with Crippen molar-refractivity contribution in [2.75, 3.05) is 37.6 Å². The van der Waals surface area contributed by atoms with Crippen LogP contribution in [0.5, 0.6) is 0 Å². The maximum absolute atomic E-state index is 12.7. The van der Waals surface area contributed by atoms with Crippen LogP contribution in [0, 0.1) is 5.92 Å². The van der Waals surface area contributed by atoms with Crippen LogP contribution in [-0.4, -0.2) is 54.8 Å². The monoisotopic (exact) mass is 363 g/mol. The largest absolute Gasteiger partial charge is 0.427 e. The Hall–Kier alpha value is -0.860. The van der Waals surface area contributed by atoms with E-state index >= 15 is 0 Å². The molecule has 3 rings (SSSR count). The zero-order valence-corrected chi connectivity index (χ0v) is 14.9. The molecule has 2 unspecified atom stereocenters. The number of rotatable bonds is 3. The Kier molecular flexibility index (Phi) is 5.36. The summed E-state index contributed by atoms with van der Waals surface area (Å²) < 4.78 is 43.8. The molecule has 2 aliphatic heterocycles. The van der Waals surface area contributed by atoms with Crippen molar-refractivity contribution in [2.45, 2.75) is 45.1 Å². The van der Waals surface area contributed by atoms with E-state index in [1.807, 2.05) is 4.90 Å². The second-order valence-electron chi connectivity index (χ2n) is 6.91. The minimum atomic E-state index is -4.29. The van der Waals surface area contributed by atoms with E-state index in [-0.39, 0.29) is 12.2 Å². The van der Waals surface area contributed by atoms with Gasteiger partial charge in [-0.2, -0.15) is 13.2 Å². The number of aromatic nitrogens is 1. The van der Waals surface area contributed by atoms with Crippen LogP contribution in [0.3, 0.4) is 0 Å². The summed E-state index contributed by atoms with van der Waals surface area (Å²) in [6.45, 7) is 8.75. The fraction of sp³-hybridized carbons (Fsp3) is 0.812. The van der Waals surface area contributed by atoms with Crippen LogP contribution in [0.15, 0.2) is 6.20 Å². The third-order valence-corrected chi connectivity index (χ3v) is 5.77. The molecule has 0 amide bonds. The number of morpholine rings is 1. The SMILES string of the molecule is CC1CN(CC2CCN(c3ncc(C(F)(F)F)s3)CC2)CC(C)O1. The highest BCUT2D eigenvalue weighted by Gasteiger charge is 2.34. The lowest BCUT2D eigenvalue weighted by Gasteiger charge is -2.39. The molecule has 0 saturated carbocycles. The average molecular weight is 363 g/mol. The van der Waals surface area contributed by atoms with Gasteiger partial charge in [-0.15, -0.1) is 0 Å². The predicted octanol–water partition coefficient (Wildman–Crippen LogP) is 3.49. The van der Waals surface area contributed by atoms with Crippen LogP contribution in [0.25, 0.3) is 0 Å². The highest BCUT2D eigenvalue weighted by atomic mass is 32.1. The second kappa shape index (κ2) is 7.17. The number of piperidine rings is 1. The van der Waals surface area contributed by atoms with Gasteiger partial charge in [0.25, 0.3) is 0 Å². The Bertz CT molecular complexity index is 533. The Morgan fingerprint density at radius 2 is 1.83 bits per heavy atom. The Morgan fingerprint density at radius 3 is 2.38 bits per heavy atom. The van der Waals surface area contributed by atoms with Crippen LogP contribution >= 0.6 is 11.3 Å². The number of nitrogens with zero attached hydrogens (tertiary/aromatic N) is 3. The molecule has 2 fully saturated rings. The van der Waals surface area contributed by atoms with E-state index in [1.54, 1.807) is 0 Å². The van der Waals surface area contributed by atoms with Crippen molar-refractivity contribution in [3.05, 3.63) is 11.1 Å². The number of halogens is 3. The number of ether oxygens (including phenoxy) is 1. The van der Waals surface area contributed by atoms with Crippen LogP contribution in [-0.2, 0) is 10.9 Å². The Morgan fingerprint density at radius 1 is 1.21 bits per heavy atom. The number of anilines is 1. The second-order valence-corrected chi connectivity index (χ2v) is 7.92. The van der Waals surface area contributed by atoms with Crippen molar-refractivity contribution >= 4 is 16.5 Å². The highest BCUT2D eigenvalue weighted by molar-refractivity contribution is 7.15. The molecule has 2 saturated heterocycles. The molecule has 0 aliphatic carbocycles. The van der Waals surface area contributed by atoms with Crippen LogP contribution in [0.2, 0.25) is 0 Å². The molecule has 8 heteroatoms. The molecule has 4 nitrogen and oxygen atoms in total. The van der Waals surface area contributed by atoms with E-state index in [4.69, 9.17) is 4.74 Å². The summed E-state index contributed by atoms with van der Waals surface area (Å²) in [5.74, 6) is 0.598. The molecule has 2 aliphatic rings. The molecule has 0 aromatic carbocycles. The van der Waals surface area contributed by atoms with Gasteiger partial charge in [0.1, 0.15) is 4.88 Å². The summed E-state index contributed by atoms with van der Waals surface area (Å²) in [7, 11) is 0. The minimum absolute atomic E-state index is 0.268. The summed E-state index contributed by atoms with van der Waals surface area (Å²) in [6.07, 6.45) is -0.808. The summed E-state index contributed by atoms with van der Waals surface area (Å²) in [6, 6.07) is 0. The number of alkyl halides is 3. The summed E-state index contributed by atoms with van der Waals surface area (Å²) in [4.78, 5) is 7.80. The lowest BCUT2D eigenvalue weighted by atomic mass is 9.96. The Labute approximate surface area is 144 Å². The zero-order valence-electron chi connectivity index (χ0n) is 14.1. The van der Waals surface area contributed by atoms with Gasteiger partial charge in [-0.05, 0) is 32.6 Å². The van der Waals surface area contributed by atoms with E-state index in [0.717, 1.165) is 63.1 Å². The number of thiazole rings is 1. The van der Waals surface area contributed by atoms with Gasteiger partial charge in [0.05, 0.1) is 18.4 Å². The van der Waals surface area contributed by atoms with Crippen molar-refractivity contribution in [3.63, 3.8) is 0 Å². The number of hydrogen-bond donors (Lipinski definition) is 0. The Balaban J connectivity index is 1.50. The number of hydrogen-bond acceptors (Lipinski definition) is 5. The molecule has 0 bridgehead atoms. The standard InChI is InChI=1S/C16H24F3N3OS/c1-11-8-21(9-12(2)23-11)10-13-3-5-22(6-4-13)15-20-7-14(24-15)16(17,18)19/h7,11-13H,3-6,8-10H2,1-2H3. The van der Waals surface area contributed by atoms with Gasteiger partial charge in [-0.3, -0.25) is 4.90 Å². The van der Waals surface area contributed by atoms with Crippen molar-refractivity contribution in [1.29, 1.82) is 0 Å². The van der Waals surface area contributed by atoms with E-state index in [1.165, 1.54) is 0 Å². The quantitative estimate of drug-likeness (QED) is 0.822. The topological polar surface area (TPSA) is 28.6 Å². The first-order valence-corrected chi connectivity index (χ1v) is 9.28. The molecule has 1 aromatic heterocycles. The molecular formula is C16H24F3N3OS. The first-order chi connectivity index (χ1) is 11.3. The van der Waals surface area contributed by atoms with Crippen LogP contribution < -0.4 is 4.90 Å². The van der Waals surface area contributed by atoms with Gasteiger partial charge < -0.3 is 9.64 Å². The molecule has 1 aromatic rings. The first kappa shape index (κ1) is 17.9. The molecule has 0 spiro atoms. The zero-order chi connectivity index (χ0) is 17.3. The van der Waals surface area contributed by atoms with Gasteiger partial charge in [0.15, 0.2) is 5.13 Å². The lowest BCUT2D eigenvalue weighted by Crippen LogP contribution is -2.48. The van der Waals surface area contributed by atoms with E-state index in [2.05, 4.69) is 23.7 Å². The van der Waals surface area contributed by atoms with Gasteiger partial charge >= 0.3 is 6.18 Å². The van der Waals surface area contributed by atoms with Gasteiger partial charge in [0.2, 0.25) is 0 Å². The third kappa shape index (κ3) is 4.40. The summed E-state index contributed by atoms with van der Waals surface area (Å²) in [5, 5.41) is 0.495. The van der Waals surface area contributed by atoms with Crippen molar-refractivity contribution in [3.8, 4) is 0 Å². The normalized spacial score (nSPS) is 27.6. The maximum atomic E-state index is 12.7. The molecule has 0 radical (unpaired) electrons. The molecule has 0 N–H and O–H groups in total. The van der Waals surface area contributed by atoms with E-state index in [9.17, 15) is 13.2 Å². The first-order valence-electron chi connectivity index (χ1n) is 8.47.